The zero-order valence-electron chi connectivity index (χ0n) is 9.95. The van der Waals surface area contributed by atoms with Crippen LogP contribution >= 0.6 is 0 Å². The van der Waals surface area contributed by atoms with Crippen LogP contribution in [-0.2, 0) is 9.59 Å². The second kappa shape index (κ2) is 5.84. The topological polar surface area (TPSA) is 84.2 Å². The fourth-order valence-corrected chi connectivity index (χ4v) is 1.69. The summed E-state index contributed by atoms with van der Waals surface area (Å²) in [5.41, 5.74) is 5.79. The highest BCUT2D eigenvalue weighted by atomic mass is 16.2. The van der Waals surface area contributed by atoms with E-state index in [0.29, 0.717) is 13.0 Å². The van der Waals surface area contributed by atoms with Gasteiger partial charge in [0.2, 0.25) is 11.8 Å². The van der Waals surface area contributed by atoms with Gasteiger partial charge in [-0.1, -0.05) is 20.3 Å². The Kier molecular flexibility index (Phi) is 4.73. The van der Waals surface area contributed by atoms with Crippen molar-refractivity contribution >= 4 is 11.8 Å². The number of hydrogen-bond donors (Lipinski definition) is 3. The molecule has 0 aromatic heterocycles. The highest BCUT2D eigenvalue weighted by Crippen LogP contribution is 2.07. The van der Waals surface area contributed by atoms with E-state index in [9.17, 15) is 9.59 Å². The van der Waals surface area contributed by atoms with Gasteiger partial charge in [0.05, 0.1) is 6.04 Å². The van der Waals surface area contributed by atoms with Gasteiger partial charge < -0.3 is 16.4 Å². The van der Waals surface area contributed by atoms with Gasteiger partial charge >= 0.3 is 0 Å². The molecular weight excluding hydrogens is 206 g/mol. The van der Waals surface area contributed by atoms with E-state index in [1.807, 2.05) is 13.8 Å². The Morgan fingerprint density at radius 1 is 1.69 bits per heavy atom. The third-order valence-electron chi connectivity index (χ3n) is 3.16. The quantitative estimate of drug-likeness (QED) is 0.619. The van der Waals surface area contributed by atoms with E-state index in [-0.39, 0.29) is 17.7 Å². The summed E-state index contributed by atoms with van der Waals surface area (Å²) in [4.78, 5) is 23.2. The molecule has 5 nitrogen and oxygen atoms in total. The van der Waals surface area contributed by atoms with Gasteiger partial charge in [-0.2, -0.15) is 0 Å². The molecule has 2 amide bonds. The average Bonchev–Trinajstić information content (AvgIpc) is 2.30. The molecule has 0 bridgehead atoms. The minimum Gasteiger partial charge on any atom is -0.354 e. The van der Waals surface area contributed by atoms with E-state index in [0.717, 1.165) is 12.8 Å². The number of carbonyl (C=O) groups is 2. The van der Waals surface area contributed by atoms with Gasteiger partial charge in [0.15, 0.2) is 0 Å². The number of amides is 2. The Hall–Kier alpha value is -1.10. The molecule has 16 heavy (non-hydrogen) atoms. The molecule has 92 valence electrons. The normalized spacial score (nSPS) is 24.4. The van der Waals surface area contributed by atoms with Crippen LogP contribution in [0.5, 0.6) is 0 Å². The van der Waals surface area contributed by atoms with E-state index in [4.69, 9.17) is 5.73 Å². The van der Waals surface area contributed by atoms with Crippen LogP contribution in [0.25, 0.3) is 0 Å². The number of piperidine rings is 1. The Balaban J connectivity index is 2.46. The van der Waals surface area contributed by atoms with Crippen LogP contribution in [0.2, 0.25) is 0 Å². The Morgan fingerprint density at radius 3 is 2.94 bits per heavy atom. The third-order valence-corrected chi connectivity index (χ3v) is 3.16. The van der Waals surface area contributed by atoms with Crippen LogP contribution in [0.15, 0.2) is 0 Å². The van der Waals surface area contributed by atoms with E-state index >= 15 is 0 Å². The maximum atomic E-state index is 11.7. The van der Waals surface area contributed by atoms with Crippen molar-refractivity contribution in [2.75, 3.05) is 6.54 Å². The van der Waals surface area contributed by atoms with Crippen molar-refractivity contribution in [1.82, 2.24) is 10.6 Å². The summed E-state index contributed by atoms with van der Waals surface area (Å²) < 4.78 is 0. The lowest BCUT2D eigenvalue weighted by Gasteiger charge is -2.25. The summed E-state index contributed by atoms with van der Waals surface area (Å²) in [7, 11) is 0. The van der Waals surface area contributed by atoms with Crippen molar-refractivity contribution in [3.63, 3.8) is 0 Å². The summed E-state index contributed by atoms with van der Waals surface area (Å²) in [6, 6.07) is -0.934. The minimum atomic E-state index is -0.528. The summed E-state index contributed by atoms with van der Waals surface area (Å²) in [6.07, 6.45) is 2.45. The van der Waals surface area contributed by atoms with Crippen LogP contribution in [0, 0.1) is 5.92 Å². The Bertz CT molecular complexity index is 268. The average molecular weight is 227 g/mol. The molecule has 0 radical (unpaired) electrons. The van der Waals surface area contributed by atoms with Gasteiger partial charge in [0.25, 0.3) is 0 Å². The van der Waals surface area contributed by atoms with E-state index in [1.165, 1.54) is 0 Å². The second-order valence-corrected chi connectivity index (χ2v) is 4.41. The molecule has 1 aliphatic rings. The van der Waals surface area contributed by atoms with Gasteiger partial charge in [-0.3, -0.25) is 9.59 Å². The molecule has 1 rings (SSSR count). The smallest absolute Gasteiger partial charge is 0.242 e. The Labute approximate surface area is 96.1 Å². The maximum absolute atomic E-state index is 11.7. The third kappa shape index (κ3) is 3.20. The lowest BCUT2D eigenvalue weighted by atomic mass is 9.98. The molecule has 0 aliphatic carbocycles. The highest BCUT2D eigenvalue weighted by Gasteiger charge is 2.27. The first-order valence-electron chi connectivity index (χ1n) is 5.90. The zero-order valence-corrected chi connectivity index (χ0v) is 9.95. The number of nitrogens with two attached hydrogens (primary N) is 1. The molecule has 0 aromatic rings. The van der Waals surface area contributed by atoms with Crippen LogP contribution in [0.4, 0.5) is 0 Å². The van der Waals surface area contributed by atoms with Crippen LogP contribution in [-0.4, -0.2) is 30.4 Å². The molecule has 4 N–H and O–H groups in total. The van der Waals surface area contributed by atoms with Gasteiger partial charge in [-0.25, -0.2) is 0 Å². The SMILES string of the molecule is CCC(C)[C@H](N)C(=O)NC1CCCNC1=O. The fraction of sp³-hybridized carbons (Fsp3) is 0.818. The monoisotopic (exact) mass is 227 g/mol. The molecule has 5 heteroatoms. The summed E-state index contributed by atoms with van der Waals surface area (Å²) in [5, 5.41) is 5.43. The first-order valence-corrected chi connectivity index (χ1v) is 5.90. The summed E-state index contributed by atoms with van der Waals surface area (Å²) in [5.74, 6) is -0.195. The molecule has 2 unspecified atom stereocenters. The predicted octanol–water partition coefficient (Wildman–Crippen LogP) is -0.245. The van der Waals surface area contributed by atoms with Gasteiger partial charge in [0, 0.05) is 6.54 Å². The molecular formula is C11H21N3O2. The minimum absolute atomic E-state index is 0.101. The zero-order chi connectivity index (χ0) is 12.1. The van der Waals surface area contributed by atoms with Crippen molar-refractivity contribution < 1.29 is 9.59 Å². The lowest BCUT2D eigenvalue weighted by molar-refractivity contribution is -0.131. The van der Waals surface area contributed by atoms with E-state index < -0.39 is 12.1 Å². The molecule has 1 saturated heterocycles. The molecule has 0 aromatic carbocycles. The van der Waals surface area contributed by atoms with E-state index in [2.05, 4.69) is 10.6 Å². The predicted molar refractivity (Wildman–Crippen MR) is 61.6 cm³/mol. The van der Waals surface area contributed by atoms with Crippen LogP contribution < -0.4 is 16.4 Å². The highest BCUT2D eigenvalue weighted by molar-refractivity contribution is 5.90. The van der Waals surface area contributed by atoms with Gasteiger partial charge in [-0.05, 0) is 18.8 Å². The fourth-order valence-electron chi connectivity index (χ4n) is 1.69. The van der Waals surface area contributed by atoms with Crippen molar-refractivity contribution in [2.24, 2.45) is 11.7 Å². The van der Waals surface area contributed by atoms with E-state index in [1.54, 1.807) is 0 Å². The largest absolute Gasteiger partial charge is 0.354 e. The first kappa shape index (κ1) is 13.0. The molecule has 3 atom stereocenters. The van der Waals surface area contributed by atoms with Crippen LogP contribution in [0.1, 0.15) is 33.1 Å². The Morgan fingerprint density at radius 2 is 2.38 bits per heavy atom. The maximum Gasteiger partial charge on any atom is 0.242 e. The summed E-state index contributed by atoms with van der Waals surface area (Å²) >= 11 is 0. The number of carbonyl (C=O) groups excluding carboxylic acids is 2. The van der Waals surface area contributed by atoms with Gasteiger partial charge in [-0.15, -0.1) is 0 Å². The first-order chi connectivity index (χ1) is 7.56. The lowest BCUT2D eigenvalue weighted by Crippen LogP contribution is -2.55. The van der Waals surface area contributed by atoms with Gasteiger partial charge in [0.1, 0.15) is 6.04 Å². The number of nitrogens with one attached hydrogen (secondary N) is 2. The van der Waals surface area contributed by atoms with Crippen molar-refractivity contribution in [1.29, 1.82) is 0 Å². The summed E-state index contributed by atoms with van der Waals surface area (Å²) in [6.45, 7) is 4.62. The molecule has 1 aliphatic heterocycles. The molecule has 1 heterocycles. The van der Waals surface area contributed by atoms with Crippen molar-refractivity contribution in [3.8, 4) is 0 Å². The number of rotatable bonds is 4. The molecule has 0 spiro atoms. The molecule has 1 fully saturated rings. The molecule has 0 saturated carbocycles. The van der Waals surface area contributed by atoms with Crippen LogP contribution in [0.3, 0.4) is 0 Å². The second-order valence-electron chi connectivity index (χ2n) is 4.41. The number of hydrogen-bond acceptors (Lipinski definition) is 3. The standard InChI is InChI=1S/C11H21N3O2/c1-3-7(2)9(12)11(16)14-8-5-4-6-13-10(8)15/h7-9H,3-6,12H2,1-2H3,(H,13,15)(H,14,16)/t7?,8?,9-/m0/s1. The van der Waals surface area contributed by atoms with Crippen molar-refractivity contribution in [2.45, 2.75) is 45.2 Å². The van der Waals surface area contributed by atoms with Crippen molar-refractivity contribution in [3.05, 3.63) is 0 Å².